The van der Waals surface area contributed by atoms with E-state index in [0.717, 1.165) is 4.88 Å². The van der Waals surface area contributed by atoms with Gasteiger partial charge in [0, 0.05) is 6.04 Å². The number of thiophene rings is 1. The van der Waals surface area contributed by atoms with Crippen LogP contribution in [0.1, 0.15) is 28.2 Å². The van der Waals surface area contributed by atoms with E-state index in [9.17, 15) is 4.79 Å². The standard InChI is InChI=1S/C14H15NOS.C2H2O4/c1-11(12-6-3-2-4-7-12)15-10-13(16)14-8-5-9-17-14;3-1(4)2(5)6/h2-9,11,15H,10H2,1H3;(H,3,4)(H,5,6). The minimum atomic E-state index is -1.82. The molecule has 0 bridgehead atoms. The number of hydrogen-bond donors (Lipinski definition) is 3. The molecule has 0 saturated carbocycles. The second-order valence-corrected chi connectivity index (χ2v) is 5.47. The summed E-state index contributed by atoms with van der Waals surface area (Å²) in [5.41, 5.74) is 1.20. The van der Waals surface area contributed by atoms with Gasteiger partial charge in [-0.2, -0.15) is 0 Å². The smallest absolute Gasteiger partial charge is 0.414 e. The molecule has 6 nitrogen and oxygen atoms in total. The second-order valence-electron chi connectivity index (χ2n) is 4.52. The van der Waals surface area contributed by atoms with E-state index < -0.39 is 11.9 Å². The molecule has 0 saturated heterocycles. The molecular weight excluding hydrogens is 318 g/mol. The molecule has 1 aromatic carbocycles. The molecule has 2 rings (SSSR count). The molecule has 1 aromatic heterocycles. The molecule has 0 aliphatic carbocycles. The van der Waals surface area contributed by atoms with Gasteiger partial charge in [0.25, 0.3) is 0 Å². The van der Waals surface area contributed by atoms with E-state index in [2.05, 4.69) is 24.4 Å². The highest BCUT2D eigenvalue weighted by Gasteiger charge is 2.09. The van der Waals surface area contributed by atoms with Crippen LogP contribution in [-0.4, -0.2) is 34.5 Å². The normalized spacial score (nSPS) is 11.0. The Balaban J connectivity index is 0.000000379. The highest BCUT2D eigenvalue weighted by atomic mass is 32.1. The van der Waals surface area contributed by atoms with Crippen molar-refractivity contribution in [1.82, 2.24) is 5.32 Å². The lowest BCUT2D eigenvalue weighted by Gasteiger charge is -2.13. The number of benzene rings is 1. The Hall–Kier alpha value is -2.51. The molecule has 1 unspecified atom stereocenters. The van der Waals surface area contributed by atoms with Crippen molar-refractivity contribution in [3.8, 4) is 0 Å². The first-order chi connectivity index (χ1) is 10.9. The molecule has 0 amide bonds. The first-order valence-electron chi connectivity index (χ1n) is 6.73. The third-order valence-electron chi connectivity index (χ3n) is 2.85. The number of rotatable bonds is 5. The van der Waals surface area contributed by atoms with Crippen LogP contribution in [0.3, 0.4) is 0 Å². The van der Waals surface area contributed by atoms with Gasteiger partial charge in [-0.15, -0.1) is 11.3 Å². The van der Waals surface area contributed by atoms with Crippen molar-refractivity contribution in [2.75, 3.05) is 6.54 Å². The van der Waals surface area contributed by atoms with Gasteiger partial charge in [0.15, 0.2) is 5.78 Å². The van der Waals surface area contributed by atoms with Gasteiger partial charge in [-0.3, -0.25) is 4.79 Å². The van der Waals surface area contributed by atoms with Crippen LogP contribution >= 0.6 is 11.3 Å². The zero-order valence-electron chi connectivity index (χ0n) is 12.4. The fraction of sp³-hybridized carbons (Fsp3) is 0.188. The Morgan fingerprint density at radius 2 is 1.65 bits per heavy atom. The molecule has 122 valence electrons. The molecule has 1 heterocycles. The predicted molar refractivity (Wildman–Crippen MR) is 86.8 cm³/mol. The van der Waals surface area contributed by atoms with Crippen LogP contribution in [0.15, 0.2) is 47.8 Å². The van der Waals surface area contributed by atoms with E-state index in [-0.39, 0.29) is 11.8 Å². The maximum atomic E-state index is 11.8. The van der Waals surface area contributed by atoms with Crippen LogP contribution in [0.25, 0.3) is 0 Å². The lowest BCUT2D eigenvalue weighted by atomic mass is 10.1. The molecule has 1 atom stereocenters. The molecule has 0 aliphatic rings. The number of carboxylic acid groups (broad SMARTS) is 2. The van der Waals surface area contributed by atoms with E-state index in [0.29, 0.717) is 6.54 Å². The van der Waals surface area contributed by atoms with E-state index in [4.69, 9.17) is 19.8 Å². The van der Waals surface area contributed by atoms with Gasteiger partial charge in [-0.1, -0.05) is 36.4 Å². The molecular formula is C16H17NO5S. The van der Waals surface area contributed by atoms with Crippen molar-refractivity contribution in [3.05, 3.63) is 58.3 Å². The Morgan fingerprint density at radius 3 is 2.13 bits per heavy atom. The van der Waals surface area contributed by atoms with E-state index >= 15 is 0 Å². The molecule has 3 N–H and O–H groups in total. The molecule has 0 fully saturated rings. The van der Waals surface area contributed by atoms with E-state index in [1.165, 1.54) is 16.9 Å². The van der Waals surface area contributed by atoms with Crippen LogP contribution in [0.5, 0.6) is 0 Å². The van der Waals surface area contributed by atoms with Gasteiger partial charge < -0.3 is 15.5 Å². The number of Topliss-reactive ketones (excluding diaryl/α,β-unsaturated/α-hetero) is 1. The Labute approximate surface area is 137 Å². The number of carboxylic acids is 2. The average molecular weight is 335 g/mol. The van der Waals surface area contributed by atoms with Gasteiger partial charge in [0.1, 0.15) is 0 Å². The summed E-state index contributed by atoms with van der Waals surface area (Å²) in [5.74, 6) is -3.49. The highest BCUT2D eigenvalue weighted by Crippen LogP contribution is 2.12. The van der Waals surface area contributed by atoms with Crippen molar-refractivity contribution in [1.29, 1.82) is 0 Å². The van der Waals surface area contributed by atoms with Crippen LogP contribution in [0, 0.1) is 0 Å². The van der Waals surface area contributed by atoms with Crippen molar-refractivity contribution in [3.63, 3.8) is 0 Å². The Kier molecular flexibility index (Phi) is 7.65. The first-order valence-corrected chi connectivity index (χ1v) is 7.61. The number of aliphatic carboxylic acids is 2. The SMILES string of the molecule is CC(NCC(=O)c1cccs1)c1ccccc1.O=C(O)C(=O)O. The predicted octanol–water partition coefficient (Wildman–Crippen LogP) is 2.44. The molecule has 23 heavy (non-hydrogen) atoms. The summed E-state index contributed by atoms with van der Waals surface area (Å²) in [6.07, 6.45) is 0. The summed E-state index contributed by atoms with van der Waals surface area (Å²) in [6.45, 7) is 2.45. The maximum Gasteiger partial charge on any atom is 0.414 e. The summed E-state index contributed by atoms with van der Waals surface area (Å²) in [7, 11) is 0. The van der Waals surface area contributed by atoms with Crippen molar-refractivity contribution >= 4 is 29.1 Å². The van der Waals surface area contributed by atoms with E-state index in [1.807, 2.05) is 35.7 Å². The lowest BCUT2D eigenvalue weighted by Crippen LogP contribution is -2.25. The van der Waals surface area contributed by atoms with Gasteiger partial charge in [-0.05, 0) is 23.9 Å². The minimum Gasteiger partial charge on any atom is -0.473 e. The second kappa shape index (κ2) is 9.50. The molecule has 0 aliphatic heterocycles. The minimum absolute atomic E-state index is 0.155. The first kappa shape index (κ1) is 18.5. The quantitative estimate of drug-likeness (QED) is 0.573. The highest BCUT2D eigenvalue weighted by molar-refractivity contribution is 7.12. The Bertz CT molecular complexity index is 628. The summed E-state index contributed by atoms with van der Waals surface area (Å²) in [5, 5.41) is 20.0. The third-order valence-corrected chi connectivity index (χ3v) is 3.76. The summed E-state index contributed by atoms with van der Waals surface area (Å²) in [6, 6.07) is 14.1. The van der Waals surface area contributed by atoms with Gasteiger partial charge in [-0.25, -0.2) is 9.59 Å². The molecule has 0 spiro atoms. The zero-order chi connectivity index (χ0) is 17.2. The lowest BCUT2D eigenvalue weighted by molar-refractivity contribution is -0.159. The number of nitrogens with one attached hydrogen (secondary N) is 1. The van der Waals surface area contributed by atoms with Crippen molar-refractivity contribution < 1.29 is 24.6 Å². The topological polar surface area (TPSA) is 104 Å². The summed E-state index contributed by atoms with van der Waals surface area (Å²) < 4.78 is 0. The van der Waals surface area contributed by atoms with Crippen LogP contribution < -0.4 is 5.32 Å². The average Bonchev–Trinajstić information content (AvgIpc) is 3.08. The number of hydrogen-bond acceptors (Lipinski definition) is 5. The van der Waals surface area contributed by atoms with Crippen molar-refractivity contribution in [2.45, 2.75) is 13.0 Å². The largest absolute Gasteiger partial charge is 0.473 e. The summed E-state index contributed by atoms with van der Waals surface area (Å²) >= 11 is 1.49. The zero-order valence-corrected chi connectivity index (χ0v) is 13.2. The monoisotopic (exact) mass is 335 g/mol. The van der Waals surface area contributed by atoms with Crippen LogP contribution in [0.2, 0.25) is 0 Å². The number of ketones is 1. The van der Waals surface area contributed by atoms with Gasteiger partial charge in [0.05, 0.1) is 11.4 Å². The Morgan fingerprint density at radius 1 is 1.04 bits per heavy atom. The van der Waals surface area contributed by atoms with Crippen LogP contribution in [0.4, 0.5) is 0 Å². The third kappa shape index (κ3) is 6.86. The molecule has 2 aromatic rings. The van der Waals surface area contributed by atoms with Crippen LogP contribution in [-0.2, 0) is 9.59 Å². The summed E-state index contributed by atoms with van der Waals surface area (Å²) in [4.78, 5) is 30.8. The number of carbonyl (C=O) groups excluding carboxylic acids is 1. The van der Waals surface area contributed by atoms with Gasteiger partial charge >= 0.3 is 11.9 Å². The van der Waals surface area contributed by atoms with E-state index in [1.54, 1.807) is 0 Å². The molecule has 0 radical (unpaired) electrons. The molecule has 7 heteroatoms. The fourth-order valence-corrected chi connectivity index (χ4v) is 2.29. The van der Waals surface area contributed by atoms with Crippen molar-refractivity contribution in [2.24, 2.45) is 0 Å². The van der Waals surface area contributed by atoms with Gasteiger partial charge in [0.2, 0.25) is 0 Å². The maximum absolute atomic E-state index is 11.8. The fourth-order valence-electron chi connectivity index (χ4n) is 1.63. The number of carbonyl (C=O) groups is 3.